The van der Waals surface area contributed by atoms with Crippen LogP contribution in [0, 0.1) is 6.92 Å². The molecule has 0 aliphatic heterocycles. The smallest absolute Gasteiger partial charge is 0.264 e. The molecule has 0 bridgehead atoms. The zero-order valence-corrected chi connectivity index (χ0v) is 24.0. The van der Waals surface area contributed by atoms with Crippen molar-refractivity contribution in [3.63, 3.8) is 0 Å². The molecule has 10 heteroatoms. The Kier molecular flexibility index (Phi) is 9.75. The topological polar surface area (TPSA) is 86.8 Å². The molecule has 1 N–H and O–H groups in total. The standard InChI is InChI=1S/C27H29BrClN3O4S/c1-4-30-27(34)20(3)31(17-21-7-5-8-22(28)15-21)26(33)18-32(24-10-6-9-23(29)16-24)37(35,36)25-13-11-19(2)12-14-25/h5-16,20H,4,17-18H2,1-3H3,(H,30,34). The van der Waals surface area contributed by atoms with Crippen LogP contribution < -0.4 is 9.62 Å². The molecule has 7 nitrogen and oxygen atoms in total. The molecule has 196 valence electrons. The molecule has 0 aliphatic carbocycles. The van der Waals surface area contributed by atoms with Gasteiger partial charge in [-0.3, -0.25) is 13.9 Å². The largest absolute Gasteiger partial charge is 0.355 e. The molecule has 3 aromatic carbocycles. The zero-order chi connectivity index (χ0) is 27.2. The third-order valence-electron chi connectivity index (χ3n) is 5.74. The summed E-state index contributed by atoms with van der Waals surface area (Å²) in [5.41, 5.74) is 1.93. The van der Waals surface area contributed by atoms with Gasteiger partial charge in [-0.1, -0.05) is 63.4 Å². The number of rotatable bonds is 10. The lowest BCUT2D eigenvalue weighted by Gasteiger charge is -2.32. The molecule has 0 saturated carbocycles. The summed E-state index contributed by atoms with van der Waals surface area (Å²) >= 11 is 9.61. The number of carbonyl (C=O) groups excluding carboxylic acids is 2. The van der Waals surface area contributed by atoms with E-state index in [2.05, 4.69) is 21.2 Å². The monoisotopic (exact) mass is 605 g/mol. The fourth-order valence-corrected chi connectivity index (χ4v) is 5.77. The van der Waals surface area contributed by atoms with E-state index in [1.165, 1.54) is 23.1 Å². The summed E-state index contributed by atoms with van der Waals surface area (Å²) in [6.07, 6.45) is 0. The third-order valence-corrected chi connectivity index (χ3v) is 8.26. The molecular weight excluding hydrogens is 578 g/mol. The van der Waals surface area contributed by atoms with E-state index in [1.807, 2.05) is 31.2 Å². The van der Waals surface area contributed by atoms with Crippen LogP contribution in [0.15, 0.2) is 82.2 Å². The summed E-state index contributed by atoms with van der Waals surface area (Å²) in [4.78, 5) is 27.9. The summed E-state index contributed by atoms with van der Waals surface area (Å²) < 4.78 is 29.4. The number of halogens is 2. The van der Waals surface area contributed by atoms with E-state index in [0.29, 0.717) is 11.6 Å². The van der Waals surface area contributed by atoms with E-state index in [0.717, 1.165) is 19.9 Å². The molecular formula is C27H29BrClN3O4S. The van der Waals surface area contributed by atoms with Crippen molar-refractivity contribution in [3.05, 3.63) is 93.4 Å². The van der Waals surface area contributed by atoms with Gasteiger partial charge in [0.15, 0.2) is 0 Å². The minimum absolute atomic E-state index is 0.0428. The van der Waals surface area contributed by atoms with Crippen LogP contribution in [-0.2, 0) is 26.2 Å². The average Bonchev–Trinajstić information content (AvgIpc) is 2.85. The van der Waals surface area contributed by atoms with Crippen molar-refractivity contribution in [3.8, 4) is 0 Å². The Morgan fingerprint density at radius 1 is 1.03 bits per heavy atom. The number of aryl methyl sites for hydroxylation is 1. The Bertz CT molecular complexity index is 1370. The first-order valence-corrected chi connectivity index (χ1v) is 14.3. The molecule has 2 amide bonds. The highest BCUT2D eigenvalue weighted by Crippen LogP contribution is 2.27. The van der Waals surface area contributed by atoms with Crippen LogP contribution in [-0.4, -0.2) is 44.3 Å². The van der Waals surface area contributed by atoms with Gasteiger partial charge in [0.2, 0.25) is 11.8 Å². The first-order valence-electron chi connectivity index (χ1n) is 11.7. The lowest BCUT2D eigenvalue weighted by Crippen LogP contribution is -2.51. The number of amides is 2. The van der Waals surface area contributed by atoms with Gasteiger partial charge in [0.05, 0.1) is 10.6 Å². The number of sulfonamides is 1. The molecule has 1 atom stereocenters. The van der Waals surface area contributed by atoms with Crippen LogP contribution in [0.4, 0.5) is 5.69 Å². The van der Waals surface area contributed by atoms with E-state index in [9.17, 15) is 18.0 Å². The molecule has 0 fully saturated rings. The lowest BCUT2D eigenvalue weighted by atomic mass is 10.1. The Hall–Kier alpha value is -2.88. The summed E-state index contributed by atoms with van der Waals surface area (Å²) in [6.45, 7) is 5.27. The minimum Gasteiger partial charge on any atom is -0.355 e. The predicted molar refractivity (Wildman–Crippen MR) is 150 cm³/mol. The number of carbonyl (C=O) groups is 2. The molecule has 37 heavy (non-hydrogen) atoms. The maximum atomic E-state index is 13.8. The van der Waals surface area contributed by atoms with Gasteiger partial charge in [-0.25, -0.2) is 8.42 Å². The second kappa shape index (κ2) is 12.6. The Labute approximate surface area is 231 Å². The highest BCUT2D eigenvalue weighted by Gasteiger charge is 2.32. The molecule has 0 spiro atoms. The Morgan fingerprint density at radius 3 is 2.32 bits per heavy atom. The summed E-state index contributed by atoms with van der Waals surface area (Å²) in [5, 5.41) is 3.07. The maximum absolute atomic E-state index is 13.8. The van der Waals surface area contributed by atoms with Crippen LogP contribution in [0.1, 0.15) is 25.0 Å². The van der Waals surface area contributed by atoms with E-state index in [1.54, 1.807) is 44.2 Å². The van der Waals surface area contributed by atoms with Crippen LogP contribution in [0.3, 0.4) is 0 Å². The van der Waals surface area contributed by atoms with Gasteiger partial charge in [0, 0.05) is 22.6 Å². The number of anilines is 1. The van der Waals surface area contributed by atoms with Crippen molar-refractivity contribution in [2.24, 2.45) is 0 Å². The number of hydrogen-bond donors (Lipinski definition) is 1. The van der Waals surface area contributed by atoms with Crippen LogP contribution in [0.5, 0.6) is 0 Å². The van der Waals surface area contributed by atoms with Gasteiger partial charge in [-0.2, -0.15) is 0 Å². The molecule has 0 heterocycles. The van der Waals surface area contributed by atoms with Gasteiger partial charge in [0.25, 0.3) is 10.0 Å². The number of nitrogens with zero attached hydrogens (tertiary/aromatic N) is 2. The molecule has 3 rings (SSSR count). The van der Waals surface area contributed by atoms with Crippen LogP contribution in [0.25, 0.3) is 0 Å². The number of benzene rings is 3. The normalized spacial score (nSPS) is 12.0. The fraction of sp³-hybridized carbons (Fsp3) is 0.259. The summed E-state index contributed by atoms with van der Waals surface area (Å²) in [7, 11) is -4.13. The molecule has 0 aromatic heterocycles. The van der Waals surface area contributed by atoms with Crippen molar-refractivity contribution < 1.29 is 18.0 Å². The lowest BCUT2D eigenvalue weighted by molar-refractivity contribution is -0.139. The molecule has 0 saturated heterocycles. The second-order valence-corrected chi connectivity index (χ2v) is 11.7. The minimum atomic E-state index is -4.13. The fourth-order valence-electron chi connectivity index (χ4n) is 3.73. The summed E-state index contributed by atoms with van der Waals surface area (Å²) in [5.74, 6) is -0.865. The van der Waals surface area contributed by atoms with E-state index >= 15 is 0 Å². The highest BCUT2D eigenvalue weighted by molar-refractivity contribution is 9.10. The molecule has 1 unspecified atom stereocenters. The first kappa shape index (κ1) is 28.7. The number of hydrogen-bond acceptors (Lipinski definition) is 4. The zero-order valence-electron chi connectivity index (χ0n) is 20.8. The molecule has 0 radical (unpaired) electrons. The molecule has 3 aromatic rings. The van der Waals surface area contributed by atoms with Gasteiger partial charge >= 0.3 is 0 Å². The Balaban J connectivity index is 2.03. The van der Waals surface area contributed by atoms with Crippen molar-refractivity contribution in [2.45, 2.75) is 38.3 Å². The van der Waals surface area contributed by atoms with Crippen molar-refractivity contribution in [2.75, 3.05) is 17.4 Å². The average molecular weight is 607 g/mol. The predicted octanol–water partition coefficient (Wildman–Crippen LogP) is 5.16. The number of likely N-dealkylation sites (N-methyl/N-ethyl adjacent to an activating group) is 1. The van der Waals surface area contributed by atoms with Gasteiger partial charge in [-0.15, -0.1) is 0 Å². The van der Waals surface area contributed by atoms with Crippen molar-refractivity contribution >= 4 is 55.1 Å². The van der Waals surface area contributed by atoms with Crippen LogP contribution >= 0.6 is 27.5 Å². The van der Waals surface area contributed by atoms with Crippen molar-refractivity contribution in [1.29, 1.82) is 0 Å². The van der Waals surface area contributed by atoms with Crippen molar-refractivity contribution in [1.82, 2.24) is 10.2 Å². The van der Waals surface area contributed by atoms with E-state index in [-0.39, 0.29) is 23.0 Å². The first-order chi connectivity index (χ1) is 17.5. The van der Waals surface area contributed by atoms with Gasteiger partial charge < -0.3 is 10.2 Å². The second-order valence-electron chi connectivity index (χ2n) is 8.53. The maximum Gasteiger partial charge on any atom is 0.264 e. The van der Waals surface area contributed by atoms with Crippen LogP contribution in [0.2, 0.25) is 5.02 Å². The molecule has 0 aliphatic rings. The third kappa shape index (κ3) is 7.34. The van der Waals surface area contributed by atoms with E-state index < -0.39 is 28.5 Å². The quantitative estimate of drug-likeness (QED) is 0.346. The van der Waals surface area contributed by atoms with E-state index in [4.69, 9.17) is 11.6 Å². The number of nitrogens with one attached hydrogen (secondary N) is 1. The van der Waals surface area contributed by atoms with Gasteiger partial charge in [-0.05, 0) is 68.8 Å². The summed E-state index contributed by atoms with van der Waals surface area (Å²) in [6, 6.07) is 19.3. The Morgan fingerprint density at radius 2 is 1.70 bits per heavy atom. The SMILES string of the molecule is CCNC(=O)C(C)N(Cc1cccc(Br)c1)C(=O)CN(c1cccc(Cl)c1)S(=O)(=O)c1ccc(C)cc1. The van der Waals surface area contributed by atoms with Gasteiger partial charge in [0.1, 0.15) is 12.6 Å². The highest BCUT2D eigenvalue weighted by atomic mass is 79.9.